The topological polar surface area (TPSA) is 39.2 Å². The molecule has 0 atom stereocenters. The molecule has 0 radical (unpaired) electrons. The maximum atomic E-state index is 5.45. The Balaban J connectivity index is 2.72. The van der Waals surface area contributed by atoms with E-state index in [1.165, 1.54) is 0 Å². The minimum absolute atomic E-state index is 0.402. The number of hydrogen-bond donors (Lipinski definition) is 1. The molecule has 1 heterocycles. The largest absolute Gasteiger partial charge is 0.493 e. The monoisotopic (exact) mass is 280 g/mol. The molecule has 2 aromatic rings. The van der Waals surface area contributed by atoms with Gasteiger partial charge in [-0.05, 0) is 25.1 Å². The van der Waals surface area contributed by atoms with E-state index in [2.05, 4.69) is 23.4 Å². The number of rotatable bonds is 5. The van der Waals surface area contributed by atoms with Gasteiger partial charge in [0.05, 0.1) is 25.3 Å². The van der Waals surface area contributed by atoms with Crippen molar-refractivity contribution in [2.75, 3.05) is 14.2 Å². The number of aromatic amines is 1. The minimum atomic E-state index is 0.402. The number of fused-ring (bicyclic) bond motifs is 1. The van der Waals surface area contributed by atoms with Crippen LogP contribution in [0.2, 0.25) is 0 Å². The van der Waals surface area contributed by atoms with Crippen molar-refractivity contribution in [3.63, 3.8) is 0 Å². The van der Waals surface area contributed by atoms with Crippen molar-refractivity contribution in [3.8, 4) is 11.5 Å². The number of benzene rings is 1. The Morgan fingerprint density at radius 1 is 1.16 bits per heavy atom. The molecule has 0 aliphatic carbocycles. The molecular weight excluding hydrogens is 260 g/mol. The minimum Gasteiger partial charge on any atom is -0.493 e. The summed E-state index contributed by atoms with van der Waals surface area (Å²) in [5, 5.41) is 0. The molecule has 0 amide bonds. The van der Waals surface area contributed by atoms with Gasteiger partial charge in [0.15, 0.2) is 16.3 Å². The normalized spacial score (nSPS) is 11.2. The summed E-state index contributed by atoms with van der Waals surface area (Å²) in [5.41, 5.74) is 2.05. The maximum absolute atomic E-state index is 5.45. The van der Waals surface area contributed by atoms with Gasteiger partial charge in [-0.1, -0.05) is 13.8 Å². The molecule has 104 valence electrons. The molecule has 0 saturated heterocycles. The van der Waals surface area contributed by atoms with Gasteiger partial charge in [-0.3, -0.25) is 0 Å². The molecule has 19 heavy (non-hydrogen) atoms. The van der Waals surface area contributed by atoms with Crippen molar-refractivity contribution in [2.24, 2.45) is 0 Å². The highest BCUT2D eigenvalue weighted by atomic mass is 32.1. The molecule has 1 aromatic heterocycles. The summed E-state index contributed by atoms with van der Waals surface area (Å²) >= 11 is 5.45. The highest BCUT2D eigenvalue weighted by molar-refractivity contribution is 7.71. The van der Waals surface area contributed by atoms with Crippen LogP contribution in [0, 0.1) is 4.77 Å². The van der Waals surface area contributed by atoms with Crippen LogP contribution in [-0.2, 0) is 0 Å². The van der Waals surface area contributed by atoms with Crippen molar-refractivity contribution in [2.45, 2.75) is 32.7 Å². The molecule has 0 unspecified atom stereocenters. The fourth-order valence-corrected chi connectivity index (χ4v) is 2.83. The summed E-state index contributed by atoms with van der Waals surface area (Å²) < 4.78 is 13.6. The van der Waals surface area contributed by atoms with E-state index in [0.717, 1.165) is 34.4 Å². The van der Waals surface area contributed by atoms with E-state index in [0.29, 0.717) is 11.8 Å². The first-order valence-corrected chi connectivity index (χ1v) is 6.93. The molecule has 2 rings (SSSR count). The highest BCUT2D eigenvalue weighted by Crippen LogP contribution is 2.33. The van der Waals surface area contributed by atoms with Gasteiger partial charge in [0.25, 0.3) is 0 Å². The van der Waals surface area contributed by atoms with Crippen LogP contribution in [-0.4, -0.2) is 23.8 Å². The molecule has 0 saturated carbocycles. The van der Waals surface area contributed by atoms with Crippen LogP contribution in [0.3, 0.4) is 0 Å². The Kier molecular flexibility index (Phi) is 4.14. The first-order chi connectivity index (χ1) is 9.15. The van der Waals surface area contributed by atoms with Gasteiger partial charge in [-0.2, -0.15) is 0 Å². The van der Waals surface area contributed by atoms with Crippen LogP contribution in [0.4, 0.5) is 0 Å². The molecule has 0 bridgehead atoms. The summed E-state index contributed by atoms with van der Waals surface area (Å²) in [4.78, 5) is 3.24. The van der Waals surface area contributed by atoms with E-state index < -0.39 is 0 Å². The van der Waals surface area contributed by atoms with Crippen LogP contribution in [0.15, 0.2) is 12.1 Å². The zero-order chi connectivity index (χ0) is 14.0. The number of imidazole rings is 1. The van der Waals surface area contributed by atoms with E-state index in [1.807, 2.05) is 12.1 Å². The standard InChI is InChI=1S/C14H20N2O2S/c1-5-9(6-2)16-11-8-13(18-4)12(17-3)7-10(11)15-14(16)19/h7-9H,5-6H2,1-4H3,(H,15,19). The van der Waals surface area contributed by atoms with Crippen LogP contribution < -0.4 is 9.47 Å². The smallest absolute Gasteiger partial charge is 0.178 e. The Morgan fingerprint density at radius 3 is 2.26 bits per heavy atom. The predicted octanol–water partition coefficient (Wildman–Crippen LogP) is 4.08. The van der Waals surface area contributed by atoms with Gasteiger partial charge >= 0.3 is 0 Å². The zero-order valence-electron chi connectivity index (χ0n) is 11.8. The molecule has 5 heteroatoms. The molecule has 1 N–H and O–H groups in total. The average Bonchev–Trinajstić information content (AvgIpc) is 2.74. The van der Waals surface area contributed by atoms with Crippen molar-refractivity contribution in [1.82, 2.24) is 9.55 Å². The van der Waals surface area contributed by atoms with E-state index >= 15 is 0 Å². The van der Waals surface area contributed by atoms with Crippen LogP contribution in [0.1, 0.15) is 32.7 Å². The van der Waals surface area contributed by atoms with Crippen molar-refractivity contribution >= 4 is 23.3 Å². The molecule has 0 spiro atoms. The van der Waals surface area contributed by atoms with Crippen LogP contribution in [0.5, 0.6) is 11.5 Å². The van der Waals surface area contributed by atoms with Crippen molar-refractivity contribution in [3.05, 3.63) is 16.9 Å². The van der Waals surface area contributed by atoms with Gasteiger partial charge < -0.3 is 19.0 Å². The van der Waals surface area contributed by atoms with Gasteiger partial charge in [-0.15, -0.1) is 0 Å². The van der Waals surface area contributed by atoms with Crippen molar-refractivity contribution in [1.29, 1.82) is 0 Å². The number of aromatic nitrogens is 2. The van der Waals surface area contributed by atoms with E-state index in [1.54, 1.807) is 14.2 Å². The maximum Gasteiger partial charge on any atom is 0.178 e. The third-order valence-electron chi connectivity index (χ3n) is 3.53. The third kappa shape index (κ3) is 2.34. The summed E-state index contributed by atoms with van der Waals surface area (Å²) in [5.74, 6) is 1.44. The zero-order valence-corrected chi connectivity index (χ0v) is 12.6. The average molecular weight is 280 g/mol. The quantitative estimate of drug-likeness (QED) is 0.839. The lowest BCUT2D eigenvalue weighted by Gasteiger charge is -2.16. The Bertz CT molecular complexity index is 626. The lowest BCUT2D eigenvalue weighted by molar-refractivity contribution is 0.355. The summed E-state index contributed by atoms with van der Waals surface area (Å²) in [6, 6.07) is 4.32. The Labute approximate surface area is 118 Å². The summed E-state index contributed by atoms with van der Waals surface area (Å²) in [6.07, 6.45) is 2.10. The van der Waals surface area contributed by atoms with E-state index in [4.69, 9.17) is 21.7 Å². The molecular formula is C14H20N2O2S. The number of nitrogens with one attached hydrogen (secondary N) is 1. The van der Waals surface area contributed by atoms with E-state index in [-0.39, 0.29) is 0 Å². The molecule has 1 aromatic carbocycles. The van der Waals surface area contributed by atoms with Gasteiger partial charge in [0, 0.05) is 18.2 Å². The number of nitrogens with zero attached hydrogens (tertiary/aromatic N) is 1. The second-order valence-corrected chi connectivity index (χ2v) is 4.88. The second-order valence-electron chi connectivity index (χ2n) is 4.49. The highest BCUT2D eigenvalue weighted by Gasteiger charge is 2.15. The number of H-pyrrole nitrogens is 1. The fourth-order valence-electron chi connectivity index (χ4n) is 2.47. The Morgan fingerprint density at radius 2 is 1.74 bits per heavy atom. The number of hydrogen-bond acceptors (Lipinski definition) is 3. The van der Waals surface area contributed by atoms with Crippen LogP contribution in [0.25, 0.3) is 11.0 Å². The second kappa shape index (κ2) is 5.65. The Hall–Kier alpha value is -1.49. The third-order valence-corrected chi connectivity index (χ3v) is 3.83. The first kappa shape index (κ1) is 13.9. The van der Waals surface area contributed by atoms with Crippen LogP contribution >= 0.6 is 12.2 Å². The number of ether oxygens (including phenoxy) is 2. The molecule has 0 aliphatic rings. The fraction of sp³-hybridized carbons (Fsp3) is 0.500. The molecule has 0 aliphatic heterocycles. The predicted molar refractivity (Wildman–Crippen MR) is 79.8 cm³/mol. The molecule has 4 nitrogen and oxygen atoms in total. The first-order valence-electron chi connectivity index (χ1n) is 6.52. The summed E-state index contributed by atoms with van der Waals surface area (Å²) in [7, 11) is 3.28. The molecule has 0 fully saturated rings. The SMILES string of the molecule is CCC(CC)n1c(=S)[nH]c2cc(OC)c(OC)cc21. The van der Waals surface area contributed by atoms with Gasteiger partial charge in [0.2, 0.25) is 0 Å². The van der Waals surface area contributed by atoms with E-state index in [9.17, 15) is 0 Å². The van der Waals surface area contributed by atoms with Gasteiger partial charge in [0.1, 0.15) is 0 Å². The lowest BCUT2D eigenvalue weighted by Crippen LogP contribution is -2.06. The lowest BCUT2D eigenvalue weighted by atomic mass is 10.1. The number of methoxy groups -OCH3 is 2. The summed E-state index contributed by atoms with van der Waals surface area (Å²) in [6.45, 7) is 4.35. The van der Waals surface area contributed by atoms with Crippen molar-refractivity contribution < 1.29 is 9.47 Å². The van der Waals surface area contributed by atoms with Gasteiger partial charge in [-0.25, -0.2) is 0 Å².